The fourth-order valence-electron chi connectivity index (χ4n) is 2.61. The zero-order chi connectivity index (χ0) is 13.0. The van der Waals surface area contributed by atoms with Crippen molar-refractivity contribution < 1.29 is 4.79 Å². The lowest BCUT2D eigenvalue weighted by molar-refractivity contribution is 0.0918. The fourth-order valence-corrected chi connectivity index (χ4v) is 3.04. The molecule has 2 atom stereocenters. The van der Waals surface area contributed by atoms with Crippen molar-refractivity contribution in [2.24, 2.45) is 5.92 Å². The summed E-state index contributed by atoms with van der Waals surface area (Å²) in [5, 5.41) is 3.13. The van der Waals surface area contributed by atoms with E-state index in [1.165, 1.54) is 19.3 Å². The van der Waals surface area contributed by atoms with Crippen LogP contribution in [0.25, 0.3) is 0 Å². The van der Waals surface area contributed by atoms with Crippen LogP contribution in [0.1, 0.15) is 49.4 Å². The Labute approximate surface area is 117 Å². The smallest absolute Gasteiger partial charge is 0.254 e. The lowest BCUT2D eigenvalue weighted by Crippen LogP contribution is -2.38. The molecule has 1 saturated carbocycles. The van der Waals surface area contributed by atoms with Crippen molar-refractivity contribution in [3.8, 4) is 0 Å². The van der Waals surface area contributed by atoms with Crippen LogP contribution in [0.4, 0.5) is 0 Å². The molecule has 0 aliphatic heterocycles. The second-order valence-corrected chi connectivity index (χ2v) is 5.70. The summed E-state index contributed by atoms with van der Waals surface area (Å²) in [5.41, 5.74) is 0.621. The van der Waals surface area contributed by atoms with E-state index in [2.05, 4.69) is 33.2 Å². The lowest BCUT2D eigenvalue weighted by atomic mass is 9.84. The predicted octanol–water partition coefficient (Wildman–Crippen LogP) is 3.54. The molecule has 1 aromatic rings. The number of halogens is 1. The van der Waals surface area contributed by atoms with Crippen LogP contribution in [0.5, 0.6) is 0 Å². The number of amides is 1. The average molecular weight is 311 g/mol. The van der Waals surface area contributed by atoms with Gasteiger partial charge in [-0.1, -0.05) is 26.2 Å². The van der Waals surface area contributed by atoms with Gasteiger partial charge in [0.1, 0.15) is 4.60 Å². The average Bonchev–Trinajstić information content (AvgIpc) is 2.39. The van der Waals surface area contributed by atoms with Crippen molar-refractivity contribution in [1.82, 2.24) is 10.3 Å². The van der Waals surface area contributed by atoms with Crippen LogP contribution in [0.3, 0.4) is 0 Å². The van der Waals surface area contributed by atoms with Gasteiger partial charge in [-0.25, -0.2) is 4.98 Å². The molecule has 1 aliphatic carbocycles. The Morgan fingerprint density at radius 1 is 1.56 bits per heavy atom. The number of nitrogens with one attached hydrogen (secondary N) is 1. The largest absolute Gasteiger partial charge is 0.349 e. The molecular formula is C14H19BrN2O. The maximum atomic E-state index is 12.1. The molecule has 2 rings (SSSR count). The number of aromatic nitrogens is 1. The lowest BCUT2D eigenvalue weighted by Gasteiger charge is -2.29. The minimum atomic E-state index is -0.0169. The summed E-state index contributed by atoms with van der Waals surface area (Å²) in [7, 11) is 0. The van der Waals surface area contributed by atoms with Crippen LogP contribution in [-0.2, 0) is 0 Å². The number of carbonyl (C=O) groups excluding carboxylic acids is 1. The third-order valence-corrected chi connectivity index (χ3v) is 4.33. The van der Waals surface area contributed by atoms with E-state index in [-0.39, 0.29) is 5.91 Å². The van der Waals surface area contributed by atoms with Gasteiger partial charge < -0.3 is 5.32 Å². The summed E-state index contributed by atoms with van der Waals surface area (Å²) < 4.78 is 0.616. The van der Waals surface area contributed by atoms with Gasteiger partial charge in [0.05, 0.1) is 5.56 Å². The molecule has 1 aromatic heterocycles. The molecule has 1 amide bonds. The van der Waals surface area contributed by atoms with E-state index in [4.69, 9.17) is 0 Å². The Balaban J connectivity index is 1.97. The summed E-state index contributed by atoms with van der Waals surface area (Å²) in [6, 6.07) is 3.91. The van der Waals surface area contributed by atoms with E-state index in [1.807, 2.05) is 0 Å². The molecule has 0 saturated heterocycles. The highest BCUT2D eigenvalue weighted by Gasteiger charge is 2.23. The highest BCUT2D eigenvalue weighted by Crippen LogP contribution is 2.26. The standard InChI is InChI=1S/C14H19BrN2O/c1-2-10-5-3-6-11(9-10)17-14(18)12-7-4-8-16-13(12)15/h4,7-8,10-11H,2-3,5-6,9H2,1H3,(H,17,18). The van der Waals surface area contributed by atoms with Gasteiger partial charge in [-0.15, -0.1) is 0 Å². The molecular weight excluding hydrogens is 292 g/mol. The fraction of sp³-hybridized carbons (Fsp3) is 0.571. The number of pyridine rings is 1. The monoisotopic (exact) mass is 310 g/mol. The molecule has 0 bridgehead atoms. The van der Waals surface area contributed by atoms with Crippen molar-refractivity contribution in [3.05, 3.63) is 28.5 Å². The molecule has 18 heavy (non-hydrogen) atoms. The van der Waals surface area contributed by atoms with Crippen LogP contribution in [0, 0.1) is 5.92 Å². The van der Waals surface area contributed by atoms with Gasteiger partial charge in [0.15, 0.2) is 0 Å². The molecule has 0 spiro atoms. The van der Waals surface area contributed by atoms with E-state index in [1.54, 1.807) is 18.3 Å². The first-order valence-corrected chi connectivity index (χ1v) is 7.41. The highest BCUT2D eigenvalue weighted by atomic mass is 79.9. The van der Waals surface area contributed by atoms with Gasteiger partial charge in [-0.05, 0) is 46.8 Å². The van der Waals surface area contributed by atoms with Gasteiger partial charge in [0.2, 0.25) is 0 Å². The Bertz CT molecular complexity index is 422. The van der Waals surface area contributed by atoms with E-state index in [0.29, 0.717) is 16.2 Å². The molecule has 1 N–H and O–H groups in total. The number of hydrogen-bond donors (Lipinski definition) is 1. The van der Waals surface area contributed by atoms with Crippen molar-refractivity contribution in [2.75, 3.05) is 0 Å². The zero-order valence-electron chi connectivity index (χ0n) is 10.7. The van der Waals surface area contributed by atoms with Crippen molar-refractivity contribution in [1.29, 1.82) is 0 Å². The summed E-state index contributed by atoms with van der Waals surface area (Å²) in [6.07, 6.45) is 7.62. The Morgan fingerprint density at radius 2 is 2.39 bits per heavy atom. The summed E-state index contributed by atoms with van der Waals surface area (Å²) >= 11 is 3.32. The molecule has 1 aliphatic rings. The van der Waals surface area contributed by atoms with Crippen molar-refractivity contribution in [3.63, 3.8) is 0 Å². The first kappa shape index (κ1) is 13.5. The van der Waals surface area contributed by atoms with Gasteiger partial charge in [0, 0.05) is 12.2 Å². The molecule has 98 valence electrons. The maximum Gasteiger partial charge on any atom is 0.254 e. The SMILES string of the molecule is CCC1CCCC(NC(=O)c2cccnc2Br)C1. The Kier molecular flexibility index (Phi) is 4.75. The molecule has 4 heteroatoms. The number of hydrogen-bond acceptors (Lipinski definition) is 2. The van der Waals surface area contributed by atoms with E-state index >= 15 is 0 Å². The molecule has 3 nitrogen and oxygen atoms in total. The second-order valence-electron chi connectivity index (χ2n) is 4.95. The first-order valence-electron chi connectivity index (χ1n) is 6.62. The minimum absolute atomic E-state index is 0.0169. The van der Waals surface area contributed by atoms with Crippen LogP contribution >= 0.6 is 15.9 Å². The van der Waals surface area contributed by atoms with Gasteiger partial charge in [-0.3, -0.25) is 4.79 Å². The zero-order valence-corrected chi connectivity index (χ0v) is 12.2. The summed E-state index contributed by atoms with van der Waals surface area (Å²) in [6.45, 7) is 2.23. The summed E-state index contributed by atoms with van der Waals surface area (Å²) in [4.78, 5) is 16.2. The Morgan fingerprint density at radius 3 is 3.11 bits per heavy atom. The number of rotatable bonds is 3. The van der Waals surface area contributed by atoms with E-state index in [9.17, 15) is 4.79 Å². The Hall–Kier alpha value is -0.900. The summed E-state index contributed by atoms with van der Waals surface area (Å²) in [5.74, 6) is 0.748. The van der Waals surface area contributed by atoms with E-state index in [0.717, 1.165) is 18.8 Å². The van der Waals surface area contributed by atoms with E-state index < -0.39 is 0 Å². The molecule has 2 unspecified atom stereocenters. The minimum Gasteiger partial charge on any atom is -0.349 e. The maximum absolute atomic E-state index is 12.1. The first-order chi connectivity index (χ1) is 8.70. The third-order valence-electron chi connectivity index (χ3n) is 3.70. The van der Waals surface area contributed by atoms with Crippen molar-refractivity contribution >= 4 is 21.8 Å². The topological polar surface area (TPSA) is 42.0 Å². The number of carbonyl (C=O) groups is 1. The quantitative estimate of drug-likeness (QED) is 0.868. The van der Waals surface area contributed by atoms with Crippen molar-refractivity contribution in [2.45, 2.75) is 45.1 Å². The molecule has 0 aromatic carbocycles. The normalized spacial score (nSPS) is 23.7. The van der Waals surface area contributed by atoms with Crippen LogP contribution in [-0.4, -0.2) is 16.9 Å². The highest BCUT2D eigenvalue weighted by molar-refractivity contribution is 9.10. The van der Waals surface area contributed by atoms with Gasteiger partial charge >= 0.3 is 0 Å². The second kappa shape index (κ2) is 6.32. The number of nitrogens with zero attached hydrogens (tertiary/aromatic N) is 1. The third kappa shape index (κ3) is 3.31. The predicted molar refractivity (Wildman–Crippen MR) is 75.4 cm³/mol. The van der Waals surface area contributed by atoms with Crippen LogP contribution < -0.4 is 5.32 Å². The van der Waals surface area contributed by atoms with Gasteiger partial charge in [0.25, 0.3) is 5.91 Å². The van der Waals surface area contributed by atoms with Crippen LogP contribution in [0.15, 0.2) is 22.9 Å². The van der Waals surface area contributed by atoms with Gasteiger partial charge in [-0.2, -0.15) is 0 Å². The molecule has 1 heterocycles. The van der Waals surface area contributed by atoms with Crippen LogP contribution in [0.2, 0.25) is 0 Å². The molecule has 0 radical (unpaired) electrons. The molecule has 1 fully saturated rings.